The molecule has 2 saturated heterocycles. The van der Waals surface area contributed by atoms with Crippen LogP contribution in [0.3, 0.4) is 0 Å². The van der Waals surface area contributed by atoms with Crippen LogP contribution in [0.5, 0.6) is 5.75 Å². The Morgan fingerprint density at radius 1 is 1.19 bits per heavy atom. The van der Waals surface area contributed by atoms with Crippen molar-refractivity contribution >= 4 is 12.1 Å². The summed E-state index contributed by atoms with van der Waals surface area (Å²) >= 11 is 0. The number of aromatic nitrogens is 2. The first-order valence-electron chi connectivity index (χ1n) is 13.6. The number of aryl methyl sites for hydroxylation is 1. The van der Waals surface area contributed by atoms with Gasteiger partial charge in [0.2, 0.25) is 6.41 Å². The van der Waals surface area contributed by atoms with Gasteiger partial charge in [-0.1, -0.05) is 6.07 Å². The largest absolute Gasteiger partial charge is 0.494 e. The quantitative estimate of drug-likeness (QED) is 0.550. The predicted octanol–water partition coefficient (Wildman–Crippen LogP) is 2.57. The van der Waals surface area contributed by atoms with Gasteiger partial charge in [-0.05, 0) is 81.6 Å². The summed E-state index contributed by atoms with van der Waals surface area (Å²) in [7, 11) is 1.69. The summed E-state index contributed by atoms with van der Waals surface area (Å²) in [5.74, 6) is 1.52. The van der Waals surface area contributed by atoms with E-state index in [2.05, 4.69) is 39.4 Å². The van der Waals surface area contributed by atoms with Crippen molar-refractivity contribution in [3.05, 3.63) is 41.2 Å². The van der Waals surface area contributed by atoms with Crippen LogP contribution < -0.4 is 10.1 Å². The fourth-order valence-electron chi connectivity index (χ4n) is 7.45. The van der Waals surface area contributed by atoms with Gasteiger partial charge in [-0.3, -0.25) is 14.4 Å². The van der Waals surface area contributed by atoms with Crippen molar-refractivity contribution in [2.45, 2.75) is 69.1 Å². The Morgan fingerprint density at radius 2 is 2.00 bits per heavy atom. The molecule has 1 saturated carbocycles. The highest BCUT2D eigenvalue weighted by molar-refractivity contribution is 5.78. The lowest BCUT2D eigenvalue weighted by Gasteiger charge is -2.61. The molecule has 3 heterocycles. The Hall–Kier alpha value is -2.42. The summed E-state index contributed by atoms with van der Waals surface area (Å²) in [4.78, 5) is 16.5. The zero-order chi connectivity index (χ0) is 24.9. The van der Waals surface area contributed by atoms with Gasteiger partial charge in [-0.25, -0.2) is 0 Å². The van der Waals surface area contributed by atoms with E-state index in [0.29, 0.717) is 12.1 Å². The number of carbonyl (C=O) groups is 1. The van der Waals surface area contributed by atoms with Gasteiger partial charge >= 0.3 is 0 Å². The molecule has 2 bridgehead atoms. The van der Waals surface area contributed by atoms with Gasteiger partial charge in [0.15, 0.2) is 0 Å². The highest BCUT2D eigenvalue weighted by Crippen LogP contribution is 2.59. The third kappa shape index (κ3) is 3.85. The second-order valence-electron chi connectivity index (χ2n) is 11.5. The maximum absolute atomic E-state index is 12.8. The normalized spacial score (nSPS) is 30.2. The molecule has 2 aliphatic heterocycles. The monoisotopic (exact) mass is 493 g/mol. The number of methoxy groups -OCH3 is 1. The molecule has 8 nitrogen and oxygen atoms in total. The van der Waals surface area contributed by atoms with E-state index in [1.165, 1.54) is 24.0 Å². The van der Waals surface area contributed by atoms with Crippen LogP contribution in [-0.2, 0) is 23.2 Å². The van der Waals surface area contributed by atoms with Crippen LogP contribution in [0, 0.1) is 12.8 Å². The number of amides is 1. The molecule has 0 spiro atoms. The average molecular weight is 494 g/mol. The number of nitrogens with one attached hydrogen (secondary N) is 1. The van der Waals surface area contributed by atoms with Crippen molar-refractivity contribution in [2.75, 3.05) is 45.2 Å². The summed E-state index contributed by atoms with van der Waals surface area (Å²) < 4.78 is 8.00. The molecule has 2 N–H and O–H groups in total. The van der Waals surface area contributed by atoms with Crippen LogP contribution in [-0.4, -0.2) is 82.6 Å². The number of hydrogen-bond donors (Lipinski definition) is 2. The van der Waals surface area contributed by atoms with Crippen molar-refractivity contribution in [1.29, 1.82) is 0 Å². The summed E-state index contributed by atoms with van der Waals surface area (Å²) in [6, 6.07) is 4.23. The van der Waals surface area contributed by atoms with Crippen LogP contribution in [0.25, 0.3) is 0 Å². The minimum Gasteiger partial charge on any atom is -0.494 e. The van der Waals surface area contributed by atoms with E-state index in [1.807, 2.05) is 16.9 Å². The predicted molar refractivity (Wildman–Crippen MR) is 138 cm³/mol. The lowest BCUT2D eigenvalue weighted by Crippen LogP contribution is -2.71. The third-order valence-electron chi connectivity index (χ3n) is 9.46. The minimum atomic E-state index is -0.836. The zero-order valence-electron chi connectivity index (χ0n) is 21.6. The van der Waals surface area contributed by atoms with E-state index < -0.39 is 11.0 Å². The van der Waals surface area contributed by atoms with E-state index in [1.54, 1.807) is 7.11 Å². The van der Waals surface area contributed by atoms with Crippen LogP contribution in [0.1, 0.15) is 48.8 Å². The van der Waals surface area contributed by atoms with Crippen LogP contribution >= 0.6 is 0 Å². The topological polar surface area (TPSA) is 82.9 Å². The first-order chi connectivity index (χ1) is 17.5. The van der Waals surface area contributed by atoms with E-state index in [-0.39, 0.29) is 6.04 Å². The van der Waals surface area contributed by atoms with Gasteiger partial charge in [0, 0.05) is 42.9 Å². The van der Waals surface area contributed by atoms with Crippen LogP contribution in [0.4, 0.5) is 5.69 Å². The summed E-state index contributed by atoms with van der Waals surface area (Å²) in [5.41, 5.74) is 3.03. The first kappa shape index (κ1) is 23.9. The van der Waals surface area contributed by atoms with Crippen molar-refractivity contribution in [2.24, 2.45) is 5.92 Å². The highest BCUT2D eigenvalue weighted by Gasteiger charge is 2.64. The maximum atomic E-state index is 12.8. The van der Waals surface area contributed by atoms with Gasteiger partial charge in [0.05, 0.1) is 31.1 Å². The molecule has 36 heavy (non-hydrogen) atoms. The van der Waals surface area contributed by atoms with Crippen LogP contribution in [0.15, 0.2) is 24.5 Å². The average Bonchev–Trinajstić information content (AvgIpc) is 3.62. The smallest absolute Gasteiger partial charge is 0.211 e. The molecule has 3 atom stereocenters. The molecule has 2 aromatic rings. The van der Waals surface area contributed by atoms with Crippen molar-refractivity contribution in [1.82, 2.24) is 19.6 Å². The van der Waals surface area contributed by atoms with E-state index in [4.69, 9.17) is 4.74 Å². The van der Waals surface area contributed by atoms with E-state index in [9.17, 15) is 9.90 Å². The summed E-state index contributed by atoms with van der Waals surface area (Å²) in [6.45, 7) is 7.74. The Balaban J connectivity index is 1.37. The summed E-state index contributed by atoms with van der Waals surface area (Å²) in [6.07, 6.45) is 10.7. The number of ether oxygens (including phenoxy) is 1. The minimum absolute atomic E-state index is 0.114. The zero-order valence-corrected chi connectivity index (χ0v) is 21.6. The van der Waals surface area contributed by atoms with E-state index in [0.717, 1.165) is 82.2 Å². The Morgan fingerprint density at radius 3 is 2.72 bits per heavy atom. The molecule has 1 aromatic carbocycles. The Bertz CT molecular complexity index is 1130. The number of benzene rings is 1. The lowest BCUT2D eigenvalue weighted by atomic mass is 9.52. The molecule has 1 amide bonds. The molecular weight excluding hydrogens is 454 g/mol. The number of hydrogen-bond acceptors (Lipinski definition) is 6. The molecule has 6 rings (SSSR count). The Labute approximate surface area is 213 Å². The van der Waals surface area contributed by atoms with Crippen molar-refractivity contribution < 1.29 is 14.6 Å². The third-order valence-corrected chi connectivity index (χ3v) is 9.46. The number of fused-ring (bicyclic) bond motifs is 1. The van der Waals surface area contributed by atoms with Gasteiger partial charge in [-0.15, -0.1) is 0 Å². The van der Waals surface area contributed by atoms with Gasteiger partial charge in [0.25, 0.3) is 0 Å². The fourth-order valence-corrected chi connectivity index (χ4v) is 7.45. The SMILES string of the molecule is COc1c(NC=O)ccc2c1[C@@]13CCN(CCn4cc(C)cn4)CC[C@@]1(O)[C@@H](C2)N(CC1CC1)CC3. The second kappa shape index (κ2) is 9.15. The van der Waals surface area contributed by atoms with E-state index >= 15 is 0 Å². The molecule has 2 aliphatic carbocycles. The van der Waals surface area contributed by atoms with Gasteiger partial charge in [-0.2, -0.15) is 5.10 Å². The number of nitrogens with zero attached hydrogens (tertiary/aromatic N) is 4. The maximum Gasteiger partial charge on any atom is 0.211 e. The number of anilines is 1. The number of piperidine rings is 1. The molecule has 0 radical (unpaired) electrons. The first-order valence-corrected chi connectivity index (χ1v) is 13.6. The highest BCUT2D eigenvalue weighted by atomic mass is 16.5. The standard InChI is InChI=1S/C28H39N5O3/c1-20-16-30-33(17-20)14-13-31-10-7-27-8-12-32(18-21-3-4-21)24(28(27,35)9-11-31)15-22-5-6-23(29-19-34)26(36-2)25(22)27/h5-6,16-17,19,21,24,35H,3-4,7-15,18H2,1-2H3,(H,29,34)/t24-,27+,28-/m1/s1. The molecule has 3 fully saturated rings. The Kier molecular flexibility index (Phi) is 6.09. The lowest BCUT2D eigenvalue weighted by molar-refractivity contribution is -0.149. The molecule has 1 aromatic heterocycles. The fraction of sp³-hybridized carbons (Fsp3) is 0.643. The number of likely N-dealkylation sites (tertiary alicyclic amines) is 2. The van der Waals surface area contributed by atoms with Gasteiger partial charge in [0.1, 0.15) is 5.75 Å². The molecule has 8 heteroatoms. The summed E-state index contributed by atoms with van der Waals surface area (Å²) in [5, 5.41) is 20.1. The second-order valence-corrected chi connectivity index (χ2v) is 11.5. The molecule has 4 aliphatic rings. The van der Waals surface area contributed by atoms with Crippen molar-refractivity contribution in [3.63, 3.8) is 0 Å². The van der Waals surface area contributed by atoms with Crippen LogP contribution in [0.2, 0.25) is 0 Å². The molecular formula is C28H39N5O3. The van der Waals surface area contributed by atoms with Crippen molar-refractivity contribution in [3.8, 4) is 5.75 Å². The molecule has 194 valence electrons. The van der Waals surface area contributed by atoms with Gasteiger partial charge < -0.3 is 20.1 Å². The molecule has 0 unspecified atom stereocenters. The number of rotatable bonds is 8. The number of carbonyl (C=O) groups excluding carboxylic acids is 1. The number of aliphatic hydroxyl groups is 1.